The van der Waals surface area contributed by atoms with E-state index in [2.05, 4.69) is 10.6 Å². The van der Waals surface area contributed by atoms with Crippen molar-refractivity contribution in [1.82, 2.24) is 10.2 Å². The molecule has 0 radical (unpaired) electrons. The van der Waals surface area contributed by atoms with Crippen LogP contribution in [-0.2, 0) is 16.1 Å². The summed E-state index contributed by atoms with van der Waals surface area (Å²) in [5.41, 5.74) is 1.77. The number of esters is 1. The van der Waals surface area contributed by atoms with Gasteiger partial charge in [-0.1, -0.05) is 30.3 Å². The SMILES string of the molecule is N#CC(C(=O)OCc1ccccc1F)=C1Nc2ccccc2N=C1N1CCNCC1. The summed E-state index contributed by atoms with van der Waals surface area (Å²) in [5.74, 6) is -0.774. The molecule has 7 nitrogen and oxygen atoms in total. The first-order valence-electron chi connectivity index (χ1n) is 9.63. The molecule has 30 heavy (non-hydrogen) atoms. The van der Waals surface area contributed by atoms with Crippen LogP contribution in [0.25, 0.3) is 0 Å². The minimum absolute atomic E-state index is 0.196. The van der Waals surface area contributed by atoms with Crippen molar-refractivity contribution >= 4 is 23.2 Å². The number of anilines is 1. The molecule has 0 unspecified atom stereocenters. The Hall–Kier alpha value is -3.70. The molecule has 1 fully saturated rings. The topological polar surface area (TPSA) is 89.8 Å². The molecular formula is C22H20FN5O2. The number of amidine groups is 1. The van der Waals surface area contributed by atoms with E-state index >= 15 is 0 Å². The van der Waals surface area contributed by atoms with Crippen molar-refractivity contribution in [3.63, 3.8) is 0 Å². The Morgan fingerprint density at radius 3 is 2.67 bits per heavy atom. The Labute approximate surface area is 173 Å². The van der Waals surface area contributed by atoms with Crippen molar-refractivity contribution in [3.8, 4) is 6.07 Å². The molecule has 0 amide bonds. The van der Waals surface area contributed by atoms with Crippen LogP contribution in [0.2, 0.25) is 0 Å². The Morgan fingerprint density at radius 2 is 1.90 bits per heavy atom. The minimum atomic E-state index is -0.828. The average Bonchev–Trinajstić information content (AvgIpc) is 2.79. The number of hydrogen-bond donors (Lipinski definition) is 2. The molecule has 0 atom stereocenters. The summed E-state index contributed by atoms with van der Waals surface area (Å²) in [7, 11) is 0. The first kappa shape index (κ1) is 19.6. The highest BCUT2D eigenvalue weighted by Gasteiger charge is 2.29. The summed E-state index contributed by atoms with van der Waals surface area (Å²) in [4.78, 5) is 19.5. The van der Waals surface area contributed by atoms with Gasteiger partial charge in [-0.05, 0) is 18.2 Å². The maximum atomic E-state index is 13.8. The largest absolute Gasteiger partial charge is 0.457 e. The van der Waals surface area contributed by atoms with E-state index in [-0.39, 0.29) is 17.7 Å². The molecule has 0 spiro atoms. The van der Waals surface area contributed by atoms with Gasteiger partial charge in [0.05, 0.1) is 11.4 Å². The Kier molecular flexibility index (Phi) is 5.72. The first-order valence-corrected chi connectivity index (χ1v) is 9.63. The lowest BCUT2D eigenvalue weighted by molar-refractivity contribution is -0.139. The van der Waals surface area contributed by atoms with Gasteiger partial charge in [0.25, 0.3) is 0 Å². The molecule has 0 aliphatic carbocycles. The number of piperazine rings is 1. The van der Waals surface area contributed by atoms with E-state index in [1.54, 1.807) is 12.1 Å². The smallest absolute Gasteiger partial charge is 0.351 e. The molecule has 8 heteroatoms. The van der Waals surface area contributed by atoms with Gasteiger partial charge in [0.1, 0.15) is 24.2 Å². The number of hydrogen-bond acceptors (Lipinski definition) is 7. The molecule has 4 rings (SSSR count). The van der Waals surface area contributed by atoms with Crippen molar-refractivity contribution < 1.29 is 13.9 Å². The monoisotopic (exact) mass is 405 g/mol. The molecule has 2 aliphatic rings. The number of carbonyl (C=O) groups excluding carboxylic acids is 1. The fraction of sp³-hybridized carbons (Fsp3) is 0.227. The van der Waals surface area contributed by atoms with Crippen LogP contribution in [0.1, 0.15) is 5.56 Å². The quantitative estimate of drug-likeness (QED) is 0.464. The average molecular weight is 405 g/mol. The van der Waals surface area contributed by atoms with E-state index < -0.39 is 11.8 Å². The Balaban J connectivity index is 1.67. The lowest BCUT2D eigenvalue weighted by Gasteiger charge is -2.34. The van der Waals surface area contributed by atoms with Crippen LogP contribution >= 0.6 is 0 Å². The number of nitriles is 1. The third kappa shape index (κ3) is 4.02. The maximum Gasteiger partial charge on any atom is 0.351 e. The summed E-state index contributed by atoms with van der Waals surface area (Å²) in [6.45, 7) is 2.66. The van der Waals surface area contributed by atoms with Crippen molar-refractivity contribution in [2.24, 2.45) is 4.99 Å². The van der Waals surface area contributed by atoms with Crippen molar-refractivity contribution in [1.29, 1.82) is 5.26 Å². The third-order valence-electron chi connectivity index (χ3n) is 4.91. The van der Waals surface area contributed by atoms with E-state index in [0.717, 1.165) is 18.8 Å². The third-order valence-corrected chi connectivity index (χ3v) is 4.91. The lowest BCUT2D eigenvalue weighted by Crippen LogP contribution is -2.48. The molecule has 2 aliphatic heterocycles. The molecule has 152 valence electrons. The van der Waals surface area contributed by atoms with Crippen molar-refractivity contribution in [2.45, 2.75) is 6.61 Å². The number of aliphatic imine (C=N–C) groups is 1. The number of ether oxygens (including phenoxy) is 1. The van der Waals surface area contributed by atoms with Crippen LogP contribution in [0.4, 0.5) is 15.8 Å². The van der Waals surface area contributed by atoms with Crippen LogP contribution in [0, 0.1) is 17.1 Å². The van der Waals surface area contributed by atoms with E-state index in [4.69, 9.17) is 9.73 Å². The van der Waals surface area contributed by atoms with Gasteiger partial charge in [-0.15, -0.1) is 0 Å². The number of carbonyl (C=O) groups is 1. The zero-order chi connectivity index (χ0) is 20.9. The minimum Gasteiger partial charge on any atom is -0.457 e. The van der Waals surface area contributed by atoms with Gasteiger partial charge in [-0.2, -0.15) is 5.26 Å². The van der Waals surface area contributed by atoms with Crippen LogP contribution < -0.4 is 10.6 Å². The van der Waals surface area contributed by atoms with Crippen molar-refractivity contribution in [2.75, 3.05) is 31.5 Å². The van der Waals surface area contributed by atoms with Crippen LogP contribution in [0.5, 0.6) is 0 Å². The van der Waals surface area contributed by atoms with Crippen LogP contribution in [-0.4, -0.2) is 42.9 Å². The maximum absolute atomic E-state index is 13.8. The fourth-order valence-electron chi connectivity index (χ4n) is 3.35. The molecule has 0 aromatic heterocycles. The highest BCUT2D eigenvalue weighted by molar-refractivity contribution is 6.12. The number of nitrogens with zero attached hydrogens (tertiary/aromatic N) is 3. The predicted octanol–water partition coefficient (Wildman–Crippen LogP) is 2.71. The normalized spacial score (nSPS) is 17.2. The number of rotatable bonds is 3. The molecule has 2 heterocycles. The lowest BCUT2D eigenvalue weighted by atomic mass is 10.1. The number of nitrogens with one attached hydrogen (secondary N) is 2. The van der Waals surface area contributed by atoms with Gasteiger partial charge < -0.3 is 20.3 Å². The van der Waals surface area contributed by atoms with Crippen molar-refractivity contribution in [3.05, 3.63) is 71.2 Å². The second kappa shape index (κ2) is 8.76. The van der Waals surface area contributed by atoms with Gasteiger partial charge >= 0.3 is 5.97 Å². The number of halogens is 1. The summed E-state index contributed by atoms with van der Waals surface area (Å²) in [6.07, 6.45) is 0. The summed E-state index contributed by atoms with van der Waals surface area (Å²) in [6, 6.07) is 15.4. The van der Waals surface area contributed by atoms with Crippen LogP contribution in [0.3, 0.4) is 0 Å². The number of fused-ring (bicyclic) bond motifs is 1. The van der Waals surface area contributed by atoms with E-state index in [1.165, 1.54) is 12.1 Å². The highest BCUT2D eigenvalue weighted by atomic mass is 19.1. The summed E-state index contributed by atoms with van der Waals surface area (Å²) in [5, 5.41) is 16.2. The van der Waals surface area contributed by atoms with E-state index in [9.17, 15) is 14.4 Å². The van der Waals surface area contributed by atoms with E-state index in [0.29, 0.717) is 30.3 Å². The highest BCUT2D eigenvalue weighted by Crippen LogP contribution is 2.32. The second-order valence-corrected chi connectivity index (χ2v) is 6.84. The molecule has 2 N–H and O–H groups in total. The Morgan fingerprint density at radius 1 is 1.17 bits per heavy atom. The van der Waals surface area contributed by atoms with E-state index in [1.807, 2.05) is 35.2 Å². The predicted molar refractivity (Wildman–Crippen MR) is 110 cm³/mol. The zero-order valence-electron chi connectivity index (χ0n) is 16.2. The second-order valence-electron chi connectivity index (χ2n) is 6.84. The molecular weight excluding hydrogens is 385 g/mol. The molecule has 0 bridgehead atoms. The van der Waals surface area contributed by atoms with Gasteiger partial charge in [0.2, 0.25) is 0 Å². The van der Waals surface area contributed by atoms with Gasteiger partial charge in [0, 0.05) is 31.7 Å². The fourth-order valence-corrected chi connectivity index (χ4v) is 3.35. The zero-order valence-corrected chi connectivity index (χ0v) is 16.2. The van der Waals surface area contributed by atoms with Crippen LogP contribution in [0.15, 0.2) is 64.8 Å². The molecule has 2 aromatic rings. The van der Waals surface area contributed by atoms with Gasteiger partial charge in [-0.3, -0.25) is 0 Å². The summed E-state index contributed by atoms with van der Waals surface area (Å²) < 4.78 is 19.1. The summed E-state index contributed by atoms with van der Waals surface area (Å²) >= 11 is 0. The Bertz CT molecular complexity index is 1070. The van der Waals surface area contributed by atoms with Gasteiger partial charge in [-0.25, -0.2) is 14.2 Å². The number of para-hydroxylation sites is 2. The number of benzene rings is 2. The standard InChI is InChI=1S/C22H20FN5O2/c23-17-6-2-1-5-15(17)14-30-22(29)16(13-24)20-21(28-11-9-25-10-12-28)27-19-8-4-3-7-18(19)26-20/h1-8,25-26H,9-12,14H2. The molecule has 2 aromatic carbocycles. The molecule has 1 saturated heterocycles. The molecule has 0 saturated carbocycles. The van der Waals surface area contributed by atoms with Gasteiger partial charge in [0.15, 0.2) is 11.4 Å². The first-order chi connectivity index (χ1) is 14.7.